The Kier molecular flexibility index (Phi) is 2.89. The third-order valence-electron chi connectivity index (χ3n) is 2.78. The van der Waals surface area contributed by atoms with E-state index in [-0.39, 0.29) is 0 Å². The molecular weight excluding hydrogens is 260 g/mol. The second-order valence-electron chi connectivity index (χ2n) is 4.09. The molecule has 4 heteroatoms. The van der Waals surface area contributed by atoms with Gasteiger partial charge in [-0.1, -0.05) is 12.1 Å². The summed E-state index contributed by atoms with van der Waals surface area (Å²) in [6.45, 7) is 2.11. The lowest BCUT2D eigenvalue weighted by Crippen LogP contribution is -1.89. The van der Waals surface area contributed by atoms with Gasteiger partial charge in [-0.2, -0.15) is 0 Å². The van der Waals surface area contributed by atoms with Crippen molar-refractivity contribution in [2.45, 2.75) is 6.92 Å². The van der Waals surface area contributed by atoms with Crippen molar-refractivity contribution in [2.24, 2.45) is 0 Å². The van der Waals surface area contributed by atoms with Crippen LogP contribution in [0.15, 0.2) is 42.6 Å². The summed E-state index contributed by atoms with van der Waals surface area (Å²) in [6, 6.07) is 12.5. The highest BCUT2D eigenvalue weighted by molar-refractivity contribution is 7.15. The van der Waals surface area contributed by atoms with Crippen molar-refractivity contribution < 1.29 is 0 Å². The van der Waals surface area contributed by atoms with E-state index >= 15 is 0 Å². The second kappa shape index (κ2) is 4.55. The normalized spacial score (nSPS) is 10.7. The maximum atomic E-state index is 6.16. The van der Waals surface area contributed by atoms with Crippen LogP contribution < -0.4 is 5.73 Å². The summed E-state index contributed by atoms with van der Waals surface area (Å²) >= 11 is 3.26. The predicted molar refractivity (Wildman–Crippen MR) is 80.0 cm³/mol. The molecule has 2 nitrogen and oxygen atoms in total. The highest BCUT2D eigenvalue weighted by Gasteiger charge is 2.07. The molecule has 0 spiro atoms. The Hall–Kier alpha value is -1.65. The predicted octanol–water partition coefficient (Wildman–Crippen LogP) is 4.43. The van der Waals surface area contributed by atoms with Crippen molar-refractivity contribution in [2.75, 3.05) is 5.73 Å². The lowest BCUT2D eigenvalue weighted by atomic mass is 10.1. The molecule has 18 heavy (non-hydrogen) atoms. The molecule has 0 fully saturated rings. The number of nitrogens with zero attached hydrogens (tertiary/aromatic N) is 1. The molecular formula is C14H12N2S2. The lowest BCUT2D eigenvalue weighted by Gasteiger charge is -2.05. The number of thiophene rings is 1. The van der Waals surface area contributed by atoms with Crippen LogP contribution >= 0.6 is 22.9 Å². The molecule has 0 aliphatic rings. The van der Waals surface area contributed by atoms with Gasteiger partial charge in [0.05, 0.1) is 4.88 Å². The molecule has 2 heterocycles. The zero-order valence-corrected chi connectivity index (χ0v) is 11.5. The average Bonchev–Trinajstić information content (AvgIpc) is 2.99. The van der Waals surface area contributed by atoms with Gasteiger partial charge < -0.3 is 5.73 Å². The van der Waals surface area contributed by atoms with Gasteiger partial charge in [-0.05, 0) is 48.3 Å². The number of nitrogens with two attached hydrogens (primary N) is 1. The molecule has 0 bridgehead atoms. The van der Waals surface area contributed by atoms with Crippen LogP contribution in [0.2, 0.25) is 0 Å². The third-order valence-corrected chi connectivity index (χ3v) is 4.61. The Morgan fingerprint density at radius 2 is 1.94 bits per heavy atom. The quantitative estimate of drug-likeness (QED) is 0.701. The zero-order valence-electron chi connectivity index (χ0n) is 9.88. The summed E-state index contributed by atoms with van der Waals surface area (Å²) in [7, 11) is 0. The van der Waals surface area contributed by atoms with Crippen molar-refractivity contribution in [3.63, 3.8) is 0 Å². The van der Waals surface area contributed by atoms with Crippen LogP contribution in [0.4, 0.5) is 5.69 Å². The van der Waals surface area contributed by atoms with E-state index in [0.29, 0.717) is 0 Å². The van der Waals surface area contributed by atoms with Gasteiger partial charge in [-0.25, -0.2) is 4.37 Å². The van der Waals surface area contributed by atoms with Gasteiger partial charge in [-0.15, -0.1) is 11.3 Å². The molecule has 2 aromatic heterocycles. The number of aromatic nitrogens is 1. The molecule has 0 amide bonds. The minimum atomic E-state index is 0.822. The van der Waals surface area contributed by atoms with E-state index < -0.39 is 0 Å². The van der Waals surface area contributed by atoms with E-state index in [1.54, 1.807) is 11.3 Å². The summed E-state index contributed by atoms with van der Waals surface area (Å²) in [6.07, 6.45) is 1.81. The molecule has 0 atom stereocenters. The molecule has 90 valence electrons. The first-order chi connectivity index (χ1) is 8.74. The largest absolute Gasteiger partial charge is 0.398 e. The maximum absolute atomic E-state index is 6.16. The number of benzene rings is 1. The average molecular weight is 272 g/mol. The topological polar surface area (TPSA) is 38.9 Å². The van der Waals surface area contributed by atoms with E-state index in [1.165, 1.54) is 21.3 Å². The zero-order chi connectivity index (χ0) is 12.5. The number of nitrogen functional groups attached to an aromatic ring is 1. The van der Waals surface area contributed by atoms with Crippen LogP contribution in [0, 0.1) is 6.92 Å². The highest BCUT2D eigenvalue weighted by atomic mass is 32.1. The summed E-state index contributed by atoms with van der Waals surface area (Å²) in [5.41, 5.74) is 9.23. The minimum Gasteiger partial charge on any atom is -0.398 e. The first-order valence-electron chi connectivity index (χ1n) is 5.61. The Bertz CT molecular complexity index is 669. The highest BCUT2D eigenvalue weighted by Crippen LogP contribution is 2.35. The number of hydrogen-bond donors (Lipinski definition) is 1. The van der Waals surface area contributed by atoms with E-state index in [4.69, 9.17) is 5.73 Å². The molecule has 1 aromatic carbocycles. The molecule has 2 N–H and O–H groups in total. The molecule has 0 saturated carbocycles. The SMILES string of the molecule is Cc1ccc(-c2ccc(-c3ccns3)cc2N)s1. The molecule has 0 aliphatic heterocycles. The van der Waals surface area contributed by atoms with Crippen LogP contribution in [-0.4, -0.2) is 4.37 Å². The molecule has 0 unspecified atom stereocenters. The summed E-state index contributed by atoms with van der Waals surface area (Å²) < 4.78 is 4.12. The van der Waals surface area contributed by atoms with Gasteiger partial charge in [0, 0.05) is 27.2 Å². The van der Waals surface area contributed by atoms with E-state index in [2.05, 4.69) is 35.6 Å². The number of anilines is 1. The van der Waals surface area contributed by atoms with Crippen molar-refractivity contribution in [3.8, 4) is 20.9 Å². The Morgan fingerprint density at radius 3 is 2.56 bits per heavy atom. The van der Waals surface area contributed by atoms with Gasteiger partial charge in [-0.3, -0.25) is 0 Å². The van der Waals surface area contributed by atoms with Gasteiger partial charge >= 0.3 is 0 Å². The molecule has 0 saturated heterocycles. The van der Waals surface area contributed by atoms with Gasteiger partial charge in [0.15, 0.2) is 0 Å². The molecule has 3 rings (SSSR count). The van der Waals surface area contributed by atoms with Crippen LogP contribution in [0.1, 0.15) is 4.88 Å². The number of aryl methyl sites for hydroxylation is 1. The van der Waals surface area contributed by atoms with Crippen molar-refractivity contribution >= 4 is 28.6 Å². The fourth-order valence-electron chi connectivity index (χ4n) is 1.88. The summed E-state index contributed by atoms with van der Waals surface area (Å²) in [5, 5.41) is 0. The van der Waals surface area contributed by atoms with E-state index in [0.717, 1.165) is 21.7 Å². The number of rotatable bonds is 2. The second-order valence-corrected chi connectivity index (χ2v) is 6.21. The van der Waals surface area contributed by atoms with Crippen LogP contribution in [0.3, 0.4) is 0 Å². The minimum absolute atomic E-state index is 0.822. The Balaban J connectivity index is 2.04. The molecule has 0 aliphatic carbocycles. The van der Waals surface area contributed by atoms with Crippen molar-refractivity contribution in [1.29, 1.82) is 0 Å². The molecule has 3 aromatic rings. The first-order valence-corrected chi connectivity index (χ1v) is 7.20. The van der Waals surface area contributed by atoms with Gasteiger partial charge in [0.2, 0.25) is 0 Å². The monoisotopic (exact) mass is 272 g/mol. The van der Waals surface area contributed by atoms with Gasteiger partial charge in [0.1, 0.15) is 0 Å². The van der Waals surface area contributed by atoms with E-state index in [1.807, 2.05) is 18.3 Å². The first kappa shape index (κ1) is 11.4. The van der Waals surface area contributed by atoms with Crippen LogP contribution in [-0.2, 0) is 0 Å². The van der Waals surface area contributed by atoms with Crippen molar-refractivity contribution in [1.82, 2.24) is 4.37 Å². The van der Waals surface area contributed by atoms with Crippen LogP contribution in [0.5, 0.6) is 0 Å². The van der Waals surface area contributed by atoms with Crippen molar-refractivity contribution in [3.05, 3.63) is 47.5 Å². The lowest BCUT2D eigenvalue weighted by molar-refractivity contribution is 1.58. The Labute approximate surface area is 114 Å². The maximum Gasteiger partial charge on any atom is 0.0550 e. The van der Waals surface area contributed by atoms with E-state index in [9.17, 15) is 0 Å². The van der Waals surface area contributed by atoms with Gasteiger partial charge in [0.25, 0.3) is 0 Å². The smallest absolute Gasteiger partial charge is 0.0550 e. The summed E-state index contributed by atoms with van der Waals surface area (Å²) in [5.74, 6) is 0. The summed E-state index contributed by atoms with van der Waals surface area (Å²) in [4.78, 5) is 3.67. The Morgan fingerprint density at radius 1 is 1.06 bits per heavy atom. The number of hydrogen-bond acceptors (Lipinski definition) is 4. The van der Waals surface area contributed by atoms with Crippen LogP contribution in [0.25, 0.3) is 20.9 Å². The molecule has 0 radical (unpaired) electrons. The fraction of sp³-hybridized carbons (Fsp3) is 0.0714. The fourth-order valence-corrected chi connectivity index (χ4v) is 3.39. The standard InChI is InChI=1S/C14H12N2S2/c1-9-2-5-14(17-9)11-4-3-10(8-12(11)15)13-6-7-16-18-13/h2-8H,15H2,1H3. The third kappa shape index (κ3) is 2.05.